The minimum absolute atomic E-state index is 0.127. The molecule has 2 atom stereocenters. The van der Waals surface area contributed by atoms with E-state index in [0.29, 0.717) is 16.3 Å². The van der Waals surface area contributed by atoms with Gasteiger partial charge in [-0.15, -0.1) is 0 Å². The summed E-state index contributed by atoms with van der Waals surface area (Å²) in [5.74, 6) is -0.797. The zero-order chi connectivity index (χ0) is 22.2. The van der Waals surface area contributed by atoms with Crippen molar-refractivity contribution in [2.75, 3.05) is 5.32 Å². The standard InChI is InChI=1S/C24H23ClN4O3/c25-16-8-3-6-13-14-7-4-10-18(22(14)29-21(13)16)26-20(30)12-11-19-24(32)27-17-9-2-1-5-15(17)23(31)28-19/h1-3,5-6,8-9,18-19,29H,4,7,10-12H2,(H,26,30)(H,27,32)(H,28,31)/t18-,19+/m1/s1. The lowest BCUT2D eigenvalue weighted by Gasteiger charge is -2.24. The molecule has 1 aromatic heterocycles. The van der Waals surface area contributed by atoms with Gasteiger partial charge in [0.25, 0.3) is 5.91 Å². The van der Waals surface area contributed by atoms with Gasteiger partial charge in [0.15, 0.2) is 0 Å². The number of aryl methyl sites for hydroxylation is 1. The maximum atomic E-state index is 12.7. The third-order valence-electron chi connectivity index (χ3n) is 6.24. The second-order valence-corrected chi connectivity index (χ2v) is 8.70. The number of carbonyl (C=O) groups is 3. The number of H-pyrrole nitrogens is 1. The van der Waals surface area contributed by atoms with Gasteiger partial charge in [-0.25, -0.2) is 0 Å². The van der Waals surface area contributed by atoms with Gasteiger partial charge in [0.1, 0.15) is 6.04 Å². The number of carbonyl (C=O) groups excluding carboxylic acids is 3. The molecule has 0 saturated carbocycles. The number of hydrogen-bond acceptors (Lipinski definition) is 3. The normalized spacial score (nSPS) is 20.0. The van der Waals surface area contributed by atoms with E-state index in [1.54, 1.807) is 24.3 Å². The van der Waals surface area contributed by atoms with Crippen molar-refractivity contribution in [1.82, 2.24) is 15.6 Å². The fourth-order valence-corrected chi connectivity index (χ4v) is 4.87. The first-order chi connectivity index (χ1) is 15.5. The van der Waals surface area contributed by atoms with E-state index in [2.05, 4.69) is 20.9 Å². The minimum atomic E-state index is -0.769. The lowest BCUT2D eigenvalue weighted by molar-refractivity contribution is -0.122. The molecule has 4 N–H and O–H groups in total. The summed E-state index contributed by atoms with van der Waals surface area (Å²) >= 11 is 6.35. The fourth-order valence-electron chi connectivity index (χ4n) is 4.65. The number of aromatic amines is 1. The Labute approximate surface area is 189 Å². The van der Waals surface area contributed by atoms with Gasteiger partial charge in [-0.05, 0) is 49.4 Å². The van der Waals surface area contributed by atoms with E-state index in [4.69, 9.17) is 11.6 Å². The molecule has 0 unspecified atom stereocenters. The van der Waals surface area contributed by atoms with Gasteiger partial charge in [-0.2, -0.15) is 0 Å². The van der Waals surface area contributed by atoms with Crippen LogP contribution in [0.4, 0.5) is 5.69 Å². The largest absolute Gasteiger partial charge is 0.355 e. The Morgan fingerprint density at radius 2 is 1.97 bits per heavy atom. The predicted molar refractivity (Wildman–Crippen MR) is 123 cm³/mol. The van der Waals surface area contributed by atoms with E-state index < -0.39 is 6.04 Å². The molecule has 7 nitrogen and oxygen atoms in total. The van der Waals surface area contributed by atoms with E-state index >= 15 is 0 Å². The van der Waals surface area contributed by atoms with Crippen molar-refractivity contribution in [3.05, 3.63) is 64.3 Å². The van der Waals surface area contributed by atoms with Gasteiger partial charge in [-0.1, -0.05) is 35.9 Å². The summed E-state index contributed by atoms with van der Waals surface area (Å²) in [6.45, 7) is 0. The Morgan fingerprint density at radius 3 is 2.84 bits per heavy atom. The van der Waals surface area contributed by atoms with Crippen LogP contribution in [0, 0.1) is 0 Å². The van der Waals surface area contributed by atoms with E-state index in [0.717, 1.165) is 35.9 Å². The lowest BCUT2D eigenvalue weighted by atomic mass is 9.91. The predicted octanol–water partition coefficient (Wildman–Crippen LogP) is 3.85. The number of benzene rings is 2. The molecule has 2 aromatic carbocycles. The second-order valence-electron chi connectivity index (χ2n) is 8.29. The van der Waals surface area contributed by atoms with Gasteiger partial charge in [0.2, 0.25) is 11.8 Å². The summed E-state index contributed by atoms with van der Waals surface area (Å²) in [5.41, 5.74) is 4.00. The summed E-state index contributed by atoms with van der Waals surface area (Å²) < 4.78 is 0. The molecule has 3 aromatic rings. The van der Waals surface area contributed by atoms with Crippen LogP contribution in [0.2, 0.25) is 5.02 Å². The molecule has 2 aliphatic rings. The van der Waals surface area contributed by atoms with Crippen LogP contribution in [0.1, 0.15) is 53.3 Å². The van der Waals surface area contributed by atoms with Crippen molar-refractivity contribution in [3.63, 3.8) is 0 Å². The minimum Gasteiger partial charge on any atom is -0.355 e. The number of rotatable bonds is 4. The Morgan fingerprint density at radius 1 is 1.12 bits per heavy atom. The molecule has 164 valence electrons. The molecule has 0 saturated heterocycles. The van der Waals surface area contributed by atoms with Crippen molar-refractivity contribution in [2.24, 2.45) is 0 Å². The smallest absolute Gasteiger partial charge is 0.254 e. The van der Waals surface area contributed by atoms with Gasteiger partial charge in [-0.3, -0.25) is 14.4 Å². The zero-order valence-electron chi connectivity index (χ0n) is 17.3. The Bertz CT molecular complexity index is 1240. The molecule has 0 spiro atoms. The highest BCUT2D eigenvalue weighted by atomic mass is 35.5. The van der Waals surface area contributed by atoms with Gasteiger partial charge < -0.3 is 20.9 Å². The first-order valence-corrected chi connectivity index (χ1v) is 11.2. The van der Waals surface area contributed by atoms with Crippen LogP contribution in [0.3, 0.4) is 0 Å². The number of halogens is 1. The van der Waals surface area contributed by atoms with Gasteiger partial charge in [0.05, 0.1) is 27.8 Å². The van der Waals surface area contributed by atoms with Crippen LogP contribution >= 0.6 is 11.6 Å². The van der Waals surface area contributed by atoms with Gasteiger partial charge in [0, 0.05) is 17.5 Å². The maximum absolute atomic E-state index is 12.7. The van der Waals surface area contributed by atoms with E-state index in [9.17, 15) is 14.4 Å². The number of nitrogens with one attached hydrogen (secondary N) is 4. The Hall–Kier alpha value is -3.32. The summed E-state index contributed by atoms with van der Waals surface area (Å²) in [6, 6.07) is 11.8. The van der Waals surface area contributed by atoms with Crippen LogP contribution in [0.5, 0.6) is 0 Å². The molecule has 0 radical (unpaired) electrons. The summed E-state index contributed by atoms with van der Waals surface area (Å²) in [7, 11) is 0. The van der Waals surface area contributed by atoms with Crippen molar-refractivity contribution in [2.45, 2.75) is 44.2 Å². The maximum Gasteiger partial charge on any atom is 0.254 e. The average Bonchev–Trinajstić information content (AvgIpc) is 3.12. The quantitative estimate of drug-likeness (QED) is 0.485. The molecule has 1 aliphatic carbocycles. The van der Waals surface area contributed by atoms with Crippen LogP contribution in [0.15, 0.2) is 42.5 Å². The molecule has 0 bridgehead atoms. The highest BCUT2D eigenvalue weighted by Gasteiger charge is 2.29. The second kappa shape index (κ2) is 8.31. The molecule has 5 rings (SSSR count). The number of anilines is 1. The summed E-state index contributed by atoms with van der Waals surface area (Å²) in [4.78, 5) is 41.2. The van der Waals surface area contributed by atoms with Crippen LogP contribution < -0.4 is 16.0 Å². The van der Waals surface area contributed by atoms with Crippen LogP contribution in [0.25, 0.3) is 10.9 Å². The summed E-state index contributed by atoms with van der Waals surface area (Å²) in [6.07, 6.45) is 3.09. The fraction of sp³-hybridized carbons (Fsp3) is 0.292. The molecular weight excluding hydrogens is 428 g/mol. The van der Waals surface area contributed by atoms with Crippen molar-refractivity contribution < 1.29 is 14.4 Å². The average molecular weight is 451 g/mol. The lowest BCUT2D eigenvalue weighted by Crippen LogP contribution is -2.42. The van der Waals surface area contributed by atoms with Crippen molar-refractivity contribution in [3.8, 4) is 0 Å². The number of fused-ring (bicyclic) bond motifs is 4. The number of aromatic nitrogens is 1. The van der Waals surface area contributed by atoms with E-state index in [-0.39, 0.29) is 36.6 Å². The summed E-state index contributed by atoms with van der Waals surface area (Å²) in [5, 5.41) is 10.4. The highest BCUT2D eigenvalue weighted by molar-refractivity contribution is 6.35. The van der Waals surface area contributed by atoms with E-state index in [1.165, 1.54) is 5.56 Å². The number of para-hydroxylation sites is 2. The first-order valence-electron chi connectivity index (χ1n) is 10.8. The molecule has 8 heteroatoms. The molecule has 1 aliphatic heterocycles. The SMILES string of the molecule is O=C(CC[C@@H]1NC(=O)c2ccccc2NC1=O)N[C@@H]1CCCc2c1[nH]c1c(Cl)cccc21. The van der Waals surface area contributed by atoms with Crippen molar-refractivity contribution >= 4 is 45.9 Å². The number of amides is 3. The Balaban J connectivity index is 1.26. The van der Waals surface area contributed by atoms with Crippen LogP contribution in [-0.2, 0) is 16.0 Å². The highest BCUT2D eigenvalue weighted by Crippen LogP contribution is 2.37. The molecule has 2 heterocycles. The number of hydrogen-bond donors (Lipinski definition) is 4. The first kappa shape index (κ1) is 20.6. The third kappa shape index (κ3) is 3.73. The molecule has 32 heavy (non-hydrogen) atoms. The van der Waals surface area contributed by atoms with Crippen molar-refractivity contribution in [1.29, 1.82) is 0 Å². The third-order valence-corrected chi connectivity index (χ3v) is 6.55. The molecule has 3 amide bonds. The van der Waals surface area contributed by atoms with Crippen LogP contribution in [-0.4, -0.2) is 28.7 Å². The molecular formula is C24H23ClN4O3. The zero-order valence-corrected chi connectivity index (χ0v) is 18.1. The topological polar surface area (TPSA) is 103 Å². The Kier molecular flexibility index (Phi) is 5.35. The monoisotopic (exact) mass is 450 g/mol. The van der Waals surface area contributed by atoms with E-state index in [1.807, 2.05) is 18.2 Å². The van der Waals surface area contributed by atoms with Gasteiger partial charge >= 0.3 is 0 Å². The molecule has 0 fully saturated rings.